The van der Waals surface area contributed by atoms with Gasteiger partial charge in [-0.15, -0.1) is 11.3 Å². The van der Waals surface area contributed by atoms with E-state index in [1.807, 2.05) is 0 Å². The van der Waals surface area contributed by atoms with E-state index < -0.39 is 0 Å². The molecule has 2 aliphatic heterocycles. The summed E-state index contributed by atoms with van der Waals surface area (Å²) in [6, 6.07) is 0.660. The van der Waals surface area contributed by atoms with Gasteiger partial charge in [0.2, 0.25) is 0 Å². The molecular formula is C13H19N3O2S. The zero-order valence-corrected chi connectivity index (χ0v) is 12.0. The lowest BCUT2D eigenvalue weighted by Crippen LogP contribution is -2.54. The molecule has 2 fully saturated rings. The van der Waals surface area contributed by atoms with Crippen LogP contribution in [0.25, 0.3) is 0 Å². The summed E-state index contributed by atoms with van der Waals surface area (Å²) in [5.74, 6) is -0.348. The number of ether oxygens (including phenoxy) is 1. The van der Waals surface area contributed by atoms with Crippen molar-refractivity contribution in [2.75, 3.05) is 38.2 Å². The van der Waals surface area contributed by atoms with E-state index in [4.69, 9.17) is 4.74 Å². The van der Waals surface area contributed by atoms with Crippen molar-refractivity contribution in [1.29, 1.82) is 0 Å². The molecule has 19 heavy (non-hydrogen) atoms. The SMILES string of the molecule is COC(=O)c1csc(N2CCN3CCCCC3C2)n1. The number of piperidine rings is 1. The quantitative estimate of drug-likeness (QED) is 0.771. The van der Waals surface area contributed by atoms with E-state index in [0.717, 1.165) is 24.8 Å². The molecule has 3 heterocycles. The standard InChI is InChI=1S/C13H19N3O2S/c1-18-12(17)11-9-19-13(14-11)16-7-6-15-5-3-2-4-10(15)8-16/h9-10H,2-8H2,1H3. The minimum atomic E-state index is -0.348. The van der Waals surface area contributed by atoms with Crippen molar-refractivity contribution in [2.45, 2.75) is 25.3 Å². The molecule has 0 aromatic carbocycles. The van der Waals surface area contributed by atoms with E-state index >= 15 is 0 Å². The van der Waals surface area contributed by atoms with E-state index in [-0.39, 0.29) is 5.97 Å². The molecule has 1 aromatic rings. The first-order chi connectivity index (χ1) is 9.28. The van der Waals surface area contributed by atoms with Gasteiger partial charge in [0, 0.05) is 31.1 Å². The summed E-state index contributed by atoms with van der Waals surface area (Å²) in [4.78, 5) is 20.7. The van der Waals surface area contributed by atoms with Crippen molar-refractivity contribution in [2.24, 2.45) is 0 Å². The number of thiazole rings is 1. The predicted octanol–water partition coefficient (Wildman–Crippen LogP) is 1.60. The highest BCUT2D eigenvalue weighted by atomic mass is 32.1. The first-order valence-electron chi connectivity index (χ1n) is 6.81. The first-order valence-corrected chi connectivity index (χ1v) is 7.69. The highest BCUT2D eigenvalue weighted by molar-refractivity contribution is 7.13. The number of esters is 1. The molecule has 2 saturated heterocycles. The molecular weight excluding hydrogens is 262 g/mol. The predicted molar refractivity (Wildman–Crippen MR) is 74.9 cm³/mol. The molecule has 0 bridgehead atoms. The normalized spacial score (nSPS) is 24.1. The first kappa shape index (κ1) is 12.9. The van der Waals surface area contributed by atoms with Gasteiger partial charge in [-0.3, -0.25) is 4.90 Å². The molecule has 1 aromatic heterocycles. The number of fused-ring (bicyclic) bond motifs is 1. The van der Waals surface area contributed by atoms with E-state index in [1.165, 1.54) is 44.3 Å². The van der Waals surface area contributed by atoms with E-state index in [2.05, 4.69) is 14.8 Å². The summed E-state index contributed by atoms with van der Waals surface area (Å²) in [6.07, 6.45) is 3.95. The van der Waals surface area contributed by atoms with E-state index in [9.17, 15) is 4.79 Å². The largest absolute Gasteiger partial charge is 0.464 e. The highest BCUT2D eigenvalue weighted by Gasteiger charge is 2.30. The van der Waals surface area contributed by atoms with Gasteiger partial charge < -0.3 is 9.64 Å². The zero-order chi connectivity index (χ0) is 13.2. The lowest BCUT2D eigenvalue weighted by Gasteiger charge is -2.43. The Labute approximate surface area is 117 Å². The van der Waals surface area contributed by atoms with Crippen molar-refractivity contribution in [3.05, 3.63) is 11.1 Å². The van der Waals surface area contributed by atoms with Gasteiger partial charge in [-0.05, 0) is 19.4 Å². The molecule has 0 radical (unpaired) electrons. The van der Waals surface area contributed by atoms with Gasteiger partial charge in [0.15, 0.2) is 10.8 Å². The molecule has 1 atom stereocenters. The number of carbonyl (C=O) groups excluding carboxylic acids is 1. The second-order valence-electron chi connectivity index (χ2n) is 5.14. The maximum absolute atomic E-state index is 11.4. The minimum absolute atomic E-state index is 0.348. The Kier molecular flexibility index (Phi) is 3.70. The Balaban J connectivity index is 1.69. The molecule has 2 aliphatic rings. The van der Waals surface area contributed by atoms with Crippen molar-refractivity contribution >= 4 is 22.4 Å². The molecule has 0 spiro atoms. The summed E-state index contributed by atoms with van der Waals surface area (Å²) < 4.78 is 4.70. The van der Waals surface area contributed by atoms with Gasteiger partial charge in [0.1, 0.15) is 0 Å². The van der Waals surface area contributed by atoms with Crippen LogP contribution in [-0.2, 0) is 4.74 Å². The number of piperazine rings is 1. The average Bonchev–Trinajstić information content (AvgIpc) is 2.95. The Bertz CT molecular complexity index is 462. The molecule has 3 rings (SSSR count). The van der Waals surface area contributed by atoms with Crippen LogP contribution in [-0.4, -0.2) is 55.2 Å². The Hall–Kier alpha value is -1.14. The van der Waals surface area contributed by atoms with Crippen molar-refractivity contribution in [3.63, 3.8) is 0 Å². The number of aromatic nitrogens is 1. The maximum Gasteiger partial charge on any atom is 0.357 e. The van der Waals surface area contributed by atoms with Crippen LogP contribution in [0.5, 0.6) is 0 Å². The second-order valence-corrected chi connectivity index (χ2v) is 5.98. The number of anilines is 1. The van der Waals surface area contributed by atoms with E-state index in [0.29, 0.717) is 11.7 Å². The molecule has 5 nitrogen and oxygen atoms in total. The summed E-state index contributed by atoms with van der Waals surface area (Å²) >= 11 is 1.53. The van der Waals surface area contributed by atoms with Crippen molar-refractivity contribution in [3.8, 4) is 0 Å². The van der Waals surface area contributed by atoms with E-state index in [1.54, 1.807) is 5.38 Å². The average molecular weight is 281 g/mol. The topological polar surface area (TPSA) is 45.7 Å². The molecule has 0 saturated carbocycles. The number of rotatable bonds is 2. The Morgan fingerprint density at radius 2 is 2.32 bits per heavy atom. The van der Waals surface area contributed by atoms with Crippen LogP contribution in [0.3, 0.4) is 0 Å². The monoisotopic (exact) mass is 281 g/mol. The lowest BCUT2D eigenvalue weighted by atomic mass is 10.00. The fourth-order valence-electron chi connectivity index (χ4n) is 2.94. The number of hydrogen-bond acceptors (Lipinski definition) is 6. The summed E-state index contributed by atoms with van der Waals surface area (Å²) in [5.41, 5.74) is 0.425. The second kappa shape index (κ2) is 5.46. The molecule has 0 aliphatic carbocycles. The minimum Gasteiger partial charge on any atom is -0.464 e. The fraction of sp³-hybridized carbons (Fsp3) is 0.692. The molecule has 0 N–H and O–H groups in total. The van der Waals surface area contributed by atoms with Crippen LogP contribution in [0.1, 0.15) is 29.8 Å². The highest BCUT2D eigenvalue weighted by Crippen LogP contribution is 2.27. The van der Waals surface area contributed by atoms with Crippen molar-refractivity contribution in [1.82, 2.24) is 9.88 Å². The van der Waals surface area contributed by atoms with Gasteiger partial charge in [-0.2, -0.15) is 0 Å². The summed E-state index contributed by atoms with van der Waals surface area (Å²) in [6.45, 7) is 4.39. The Morgan fingerprint density at radius 1 is 1.42 bits per heavy atom. The van der Waals surface area contributed by atoms with Gasteiger partial charge >= 0.3 is 5.97 Å². The van der Waals surface area contributed by atoms with Gasteiger partial charge in [-0.1, -0.05) is 6.42 Å². The lowest BCUT2D eigenvalue weighted by molar-refractivity contribution is 0.0595. The third kappa shape index (κ3) is 2.60. The molecule has 1 unspecified atom stereocenters. The third-order valence-electron chi connectivity index (χ3n) is 3.99. The number of methoxy groups -OCH3 is 1. The maximum atomic E-state index is 11.4. The smallest absolute Gasteiger partial charge is 0.357 e. The van der Waals surface area contributed by atoms with Crippen LogP contribution >= 0.6 is 11.3 Å². The molecule has 0 amide bonds. The van der Waals surface area contributed by atoms with Crippen LogP contribution in [0.15, 0.2) is 5.38 Å². The van der Waals surface area contributed by atoms with Crippen LogP contribution in [0.2, 0.25) is 0 Å². The number of hydrogen-bond donors (Lipinski definition) is 0. The summed E-state index contributed by atoms with van der Waals surface area (Å²) in [5, 5.41) is 2.74. The van der Waals surface area contributed by atoms with Gasteiger partial charge in [0.25, 0.3) is 0 Å². The third-order valence-corrected chi connectivity index (χ3v) is 4.90. The summed E-state index contributed by atoms with van der Waals surface area (Å²) in [7, 11) is 1.39. The molecule has 104 valence electrons. The molecule has 6 heteroatoms. The zero-order valence-electron chi connectivity index (χ0n) is 11.2. The van der Waals surface area contributed by atoms with Gasteiger partial charge in [0.05, 0.1) is 7.11 Å². The van der Waals surface area contributed by atoms with Crippen LogP contribution < -0.4 is 4.90 Å². The number of carbonyl (C=O) groups is 1. The van der Waals surface area contributed by atoms with Crippen molar-refractivity contribution < 1.29 is 9.53 Å². The fourth-order valence-corrected chi connectivity index (χ4v) is 3.77. The van der Waals surface area contributed by atoms with Crippen LogP contribution in [0, 0.1) is 0 Å². The van der Waals surface area contributed by atoms with Crippen LogP contribution in [0.4, 0.5) is 5.13 Å². The Morgan fingerprint density at radius 3 is 3.16 bits per heavy atom. The van der Waals surface area contributed by atoms with Gasteiger partial charge in [-0.25, -0.2) is 9.78 Å². The number of nitrogens with zero attached hydrogens (tertiary/aromatic N) is 3.